The van der Waals surface area contributed by atoms with Crippen molar-refractivity contribution in [1.82, 2.24) is 4.74 Å². The average molecular weight is 140 g/mol. The topological polar surface area (TPSA) is 16.2 Å². The van der Waals surface area contributed by atoms with Gasteiger partial charge in [0.25, 0.3) is 0 Å². The van der Waals surface area contributed by atoms with Crippen LogP contribution in [0.5, 0.6) is 0 Å². The summed E-state index contributed by atoms with van der Waals surface area (Å²) in [5, 5.41) is 0. The van der Waals surface area contributed by atoms with Crippen LogP contribution in [-0.4, -0.2) is 4.74 Å². The lowest BCUT2D eigenvalue weighted by molar-refractivity contribution is 0.157. The Bertz CT molecular complexity index is 219. The minimum absolute atomic E-state index is 0.0637. The van der Waals surface area contributed by atoms with Crippen LogP contribution in [-0.2, 0) is 5.54 Å². The molecule has 1 aromatic heterocycles. The van der Waals surface area contributed by atoms with E-state index in [1.54, 1.807) is 0 Å². The van der Waals surface area contributed by atoms with Crippen LogP contribution in [0, 0.1) is 6.92 Å². The van der Waals surface area contributed by atoms with E-state index < -0.39 is 0 Å². The zero-order valence-corrected chi connectivity index (χ0v) is 7.01. The molecule has 0 unspecified atom stereocenters. The number of hydrogen-bond donors (Lipinski definition) is 0. The lowest BCUT2D eigenvalue weighted by atomic mass is 10.1. The fraction of sp³-hybridized carbons (Fsp3) is 0.625. The molecule has 2 heteroatoms. The largest absolute Gasteiger partial charge is 0.371 e. The summed E-state index contributed by atoms with van der Waals surface area (Å²) < 4.78 is 7.21. The van der Waals surface area contributed by atoms with Crippen LogP contribution >= 0.6 is 0 Å². The molecule has 0 bridgehead atoms. The monoisotopic (exact) mass is 140 g/mol. The normalized spacial score (nSPS) is 12.0. The molecule has 1 rings (SSSR count). The van der Waals surface area contributed by atoms with Crippen molar-refractivity contribution in [2.24, 2.45) is 0 Å². The average Bonchev–Trinajstić information content (AvgIpc) is 2.11. The molecule has 0 fully saturated rings. The Morgan fingerprint density at radius 2 is 2.00 bits per heavy atom. The minimum Gasteiger partial charge on any atom is -0.101 e. The Balaban J connectivity index is 2.96. The number of nitrogens with zero attached hydrogens (tertiary/aromatic N) is 1. The van der Waals surface area contributed by atoms with Gasteiger partial charge in [0.2, 0.25) is 0 Å². The van der Waals surface area contributed by atoms with Gasteiger partial charge in [-0.15, -0.1) is 4.52 Å². The van der Waals surface area contributed by atoms with Crippen molar-refractivity contribution in [2.75, 3.05) is 0 Å². The molecule has 0 N–H and O–H groups in total. The fourth-order valence-corrected chi connectivity index (χ4v) is 0.749. The third-order valence-electron chi connectivity index (χ3n) is 1.35. The highest BCUT2D eigenvalue weighted by Gasteiger charge is 2.22. The van der Waals surface area contributed by atoms with Crippen molar-refractivity contribution in [3.05, 3.63) is 18.0 Å². The third-order valence-corrected chi connectivity index (χ3v) is 1.35. The van der Waals surface area contributed by atoms with Gasteiger partial charge in [-0.05, 0) is 25.5 Å². The first-order valence-electron chi connectivity index (χ1n) is 3.49. The van der Waals surface area contributed by atoms with E-state index in [1.807, 2.05) is 23.9 Å². The second-order valence-electron chi connectivity index (χ2n) is 3.51. The van der Waals surface area contributed by atoms with E-state index in [0.29, 0.717) is 0 Å². The van der Waals surface area contributed by atoms with E-state index in [1.165, 1.54) is 0 Å². The molecule has 0 saturated carbocycles. The minimum atomic E-state index is 0.0637. The maximum atomic E-state index is 5.36. The number of hydrogen-bond acceptors (Lipinski definition) is 0. The number of aryl methyl sites for hydroxylation is 1. The molecule has 0 spiro atoms. The van der Waals surface area contributed by atoms with Gasteiger partial charge in [-0.25, -0.2) is 0 Å². The van der Waals surface area contributed by atoms with Crippen molar-refractivity contribution in [3.63, 3.8) is 0 Å². The maximum absolute atomic E-state index is 5.36. The zero-order chi connectivity index (χ0) is 7.78. The Morgan fingerprint density at radius 1 is 1.40 bits per heavy atom. The first kappa shape index (κ1) is 7.32. The lowest BCUT2D eigenvalue weighted by Gasteiger charge is -2.09. The summed E-state index contributed by atoms with van der Waals surface area (Å²) in [6.45, 7) is 8.27. The van der Waals surface area contributed by atoms with E-state index in [4.69, 9.17) is 4.52 Å². The fourth-order valence-electron chi connectivity index (χ4n) is 0.749. The first-order chi connectivity index (χ1) is 4.50. The second kappa shape index (κ2) is 2.11. The van der Waals surface area contributed by atoms with Gasteiger partial charge < -0.3 is 0 Å². The molecule has 1 aromatic rings. The molecule has 0 saturated heterocycles. The molecule has 0 amide bonds. The summed E-state index contributed by atoms with van der Waals surface area (Å²) in [5.41, 5.74) is 0.0637. The van der Waals surface area contributed by atoms with E-state index in [9.17, 15) is 0 Å². The summed E-state index contributed by atoms with van der Waals surface area (Å²) in [5.74, 6) is 0.954. The summed E-state index contributed by atoms with van der Waals surface area (Å²) >= 11 is 0. The van der Waals surface area contributed by atoms with Crippen LogP contribution in [0.3, 0.4) is 0 Å². The van der Waals surface area contributed by atoms with E-state index in [2.05, 4.69) is 20.8 Å². The summed E-state index contributed by atoms with van der Waals surface area (Å²) in [4.78, 5) is 0. The molecule has 56 valence electrons. The van der Waals surface area contributed by atoms with E-state index in [0.717, 1.165) is 5.76 Å². The van der Waals surface area contributed by atoms with Crippen molar-refractivity contribution in [3.8, 4) is 0 Å². The Morgan fingerprint density at radius 3 is 2.20 bits per heavy atom. The SMILES string of the molecule is Cc1ccn(C(C)(C)C)[o+]1. The quantitative estimate of drug-likeness (QED) is 0.505. The molecule has 1 heterocycles. The zero-order valence-electron chi connectivity index (χ0n) is 7.01. The third kappa shape index (κ3) is 1.38. The van der Waals surface area contributed by atoms with Gasteiger partial charge in [-0.1, -0.05) is 0 Å². The number of rotatable bonds is 0. The molecular formula is C8H14NO+. The molecule has 2 nitrogen and oxygen atoms in total. The Hall–Kier alpha value is -0.790. The van der Waals surface area contributed by atoms with E-state index in [-0.39, 0.29) is 5.54 Å². The van der Waals surface area contributed by atoms with Gasteiger partial charge in [-0.2, -0.15) is 0 Å². The lowest BCUT2D eigenvalue weighted by Crippen LogP contribution is -2.19. The standard InChI is InChI=1S/C8H14NO/c1-7-5-6-9(10-7)8(2,3)4/h5-6H,1-4H3/q+1. The van der Waals surface area contributed by atoms with Crippen molar-refractivity contribution < 1.29 is 4.52 Å². The Kier molecular flexibility index (Phi) is 1.55. The van der Waals surface area contributed by atoms with Crippen molar-refractivity contribution in [2.45, 2.75) is 33.2 Å². The van der Waals surface area contributed by atoms with Gasteiger partial charge in [0.15, 0.2) is 0 Å². The maximum Gasteiger partial charge on any atom is 0.371 e. The van der Waals surface area contributed by atoms with Crippen LogP contribution in [0.1, 0.15) is 26.5 Å². The van der Waals surface area contributed by atoms with Crippen LogP contribution in [0.25, 0.3) is 0 Å². The highest BCUT2D eigenvalue weighted by molar-refractivity contribution is 4.91. The summed E-state index contributed by atoms with van der Waals surface area (Å²) in [6, 6.07) is 1.96. The predicted octanol–water partition coefficient (Wildman–Crippen LogP) is 2.43. The molecular weight excluding hydrogens is 126 g/mol. The molecule has 0 aliphatic rings. The van der Waals surface area contributed by atoms with Crippen molar-refractivity contribution in [1.29, 1.82) is 0 Å². The van der Waals surface area contributed by atoms with Crippen LogP contribution in [0.4, 0.5) is 0 Å². The molecule has 0 aromatic carbocycles. The van der Waals surface area contributed by atoms with Gasteiger partial charge in [0.05, 0.1) is 13.0 Å². The van der Waals surface area contributed by atoms with Crippen LogP contribution < -0.4 is 0 Å². The van der Waals surface area contributed by atoms with Crippen LogP contribution in [0.15, 0.2) is 16.8 Å². The summed E-state index contributed by atoms with van der Waals surface area (Å²) in [7, 11) is 0. The molecule has 10 heavy (non-hydrogen) atoms. The van der Waals surface area contributed by atoms with Gasteiger partial charge >= 0.3 is 5.76 Å². The molecule has 0 aliphatic heterocycles. The molecule has 0 atom stereocenters. The second-order valence-corrected chi connectivity index (χ2v) is 3.51. The summed E-state index contributed by atoms with van der Waals surface area (Å²) in [6.07, 6.45) is 1.95. The molecule has 0 radical (unpaired) electrons. The highest BCUT2D eigenvalue weighted by Crippen LogP contribution is 2.14. The van der Waals surface area contributed by atoms with Gasteiger partial charge in [0.1, 0.15) is 11.7 Å². The van der Waals surface area contributed by atoms with E-state index >= 15 is 0 Å². The van der Waals surface area contributed by atoms with Gasteiger partial charge in [0, 0.05) is 0 Å². The smallest absolute Gasteiger partial charge is 0.101 e. The molecule has 0 aliphatic carbocycles. The Labute approximate surface area is 61.4 Å². The number of aromatic nitrogens is 1. The highest BCUT2D eigenvalue weighted by atomic mass is 16.5. The van der Waals surface area contributed by atoms with Gasteiger partial charge in [-0.3, -0.25) is 0 Å². The van der Waals surface area contributed by atoms with Crippen LogP contribution in [0.2, 0.25) is 0 Å². The predicted molar refractivity (Wildman–Crippen MR) is 40.8 cm³/mol. The van der Waals surface area contributed by atoms with Crippen molar-refractivity contribution >= 4 is 0 Å². The first-order valence-corrected chi connectivity index (χ1v) is 3.49.